The zero-order valence-corrected chi connectivity index (χ0v) is 12.1. The molecule has 1 fully saturated rings. The normalized spacial score (nSPS) is 22.4. The molecule has 0 spiro atoms. The Labute approximate surface area is 119 Å². The van der Waals surface area contributed by atoms with Gasteiger partial charge in [0.15, 0.2) is 0 Å². The van der Waals surface area contributed by atoms with Crippen molar-refractivity contribution in [3.8, 4) is 0 Å². The first-order valence-electron chi connectivity index (χ1n) is 7.29. The number of anilines is 1. The Morgan fingerprint density at radius 1 is 1.45 bits per heavy atom. The number of rotatable bonds is 4. The first-order valence-corrected chi connectivity index (χ1v) is 7.29. The van der Waals surface area contributed by atoms with E-state index in [2.05, 4.69) is 5.32 Å². The fourth-order valence-electron chi connectivity index (χ4n) is 2.71. The molecular formula is C16H22FNO2. The summed E-state index contributed by atoms with van der Waals surface area (Å²) < 4.78 is 18.6. The Kier molecular flexibility index (Phi) is 4.99. The first kappa shape index (κ1) is 14.8. The van der Waals surface area contributed by atoms with Crippen molar-refractivity contribution in [1.82, 2.24) is 0 Å². The van der Waals surface area contributed by atoms with Crippen molar-refractivity contribution >= 4 is 11.7 Å². The van der Waals surface area contributed by atoms with Gasteiger partial charge in [0, 0.05) is 11.7 Å². The van der Waals surface area contributed by atoms with Gasteiger partial charge in [-0.25, -0.2) is 4.39 Å². The maximum absolute atomic E-state index is 13.5. The predicted octanol–water partition coefficient (Wildman–Crippen LogP) is 3.67. The van der Waals surface area contributed by atoms with Gasteiger partial charge in [0.05, 0.1) is 12.5 Å². The van der Waals surface area contributed by atoms with E-state index in [-0.39, 0.29) is 23.7 Å². The summed E-state index contributed by atoms with van der Waals surface area (Å²) in [5, 5.41) is 3.33. The molecule has 0 aliphatic heterocycles. The van der Waals surface area contributed by atoms with Gasteiger partial charge in [-0.15, -0.1) is 0 Å². The van der Waals surface area contributed by atoms with E-state index in [4.69, 9.17) is 4.74 Å². The molecule has 0 aromatic heterocycles. The van der Waals surface area contributed by atoms with Gasteiger partial charge in [-0.05, 0) is 50.8 Å². The van der Waals surface area contributed by atoms with Gasteiger partial charge in [-0.2, -0.15) is 0 Å². The zero-order chi connectivity index (χ0) is 14.5. The second kappa shape index (κ2) is 6.73. The number of esters is 1. The van der Waals surface area contributed by atoms with E-state index in [0.717, 1.165) is 31.4 Å². The molecule has 0 bridgehead atoms. The molecule has 0 radical (unpaired) electrons. The van der Waals surface area contributed by atoms with Crippen LogP contribution in [0.4, 0.5) is 10.1 Å². The molecule has 1 aliphatic rings. The highest BCUT2D eigenvalue weighted by Gasteiger charge is 2.28. The second-order valence-electron chi connectivity index (χ2n) is 5.42. The Bertz CT molecular complexity index is 476. The lowest BCUT2D eigenvalue weighted by Crippen LogP contribution is -2.32. The third-order valence-electron chi connectivity index (χ3n) is 3.84. The van der Waals surface area contributed by atoms with Crippen molar-refractivity contribution in [2.24, 2.45) is 5.92 Å². The summed E-state index contributed by atoms with van der Waals surface area (Å²) in [6.07, 6.45) is 3.65. The van der Waals surface area contributed by atoms with Gasteiger partial charge in [0.25, 0.3) is 0 Å². The summed E-state index contributed by atoms with van der Waals surface area (Å²) in [6, 6.07) is 5.37. The third kappa shape index (κ3) is 3.71. The molecule has 20 heavy (non-hydrogen) atoms. The van der Waals surface area contributed by atoms with E-state index in [1.54, 1.807) is 13.0 Å². The van der Waals surface area contributed by atoms with E-state index in [1.165, 1.54) is 6.07 Å². The van der Waals surface area contributed by atoms with Gasteiger partial charge in [-0.3, -0.25) is 4.79 Å². The number of hydrogen-bond donors (Lipinski definition) is 1. The van der Waals surface area contributed by atoms with Crippen molar-refractivity contribution in [3.05, 3.63) is 29.6 Å². The highest BCUT2D eigenvalue weighted by molar-refractivity contribution is 5.72. The fourth-order valence-corrected chi connectivity index (χ4v) is 2.71. The minimum atomic E-state index is -0.201. The number of nitrogens with one attached hydrogen (secondary N) is 1. The number of ether oxygens (including phenoxy) is 1. The fraction of sp³-hybridized carbons (Fsp3) is 0.562. The molecule has 0 heterocycles. The van der Waals surface area contributed by atoms with E-state index >= 15 is 0 Å². The van der Waals surface area contributed by atoms with E-state index in [0.29, 0.717) is 12.2 Å². The Morgan fingerprint density at radius 3 is 2.95 bits per heavy atom. The van der Waals surface area contributed by atoms with Crippen LogP contribution in [-0.2, 0) is 9.53 Å². The summed E-state index contributed by atoms with van der Waals surface area (Å²) in [7, 11) is 0. The quantitative estimate of drug-likeness (QED) is 0.855. The molecule has 2 unspecified atom stereocenters. The largest absolute Gasteiger partial charge is 0.466 e. The lowest BCUT2D eigenvalue weighted by atomic mass is 9.85. The Morgan fingerprint density at radius 2 is 2.25 bits per heavy atom. The number of benzene rings is 1. The maximum Gasteiger partial charge on any atom is 0.308 e. The average molecular weight is 279 g/mol. The highest BCUT2D eigenvalue weighted by Crippen LogP contribution is 2.28. The average Bonchev–Trinajstić information content (AvgIpc) is 2.43. The Balaban J connectivity index is 1.95. The number of carbonyl (C=O) groups excluding carboxylic acids is 1. The van der Waals surface area contributed by atoms with Gasteiger partial charge in [0.1, 0.15) is 5.82 Å². The maximum atomic E-state index is 13.5. The molecule has 1 saturated carbocycles. The minimum absolute atomic E-state index is 0.0310. The van der Waals surface area contributed by atoms with Crippen molar-refractivity contribution in [2.75, 3.05) is 11.9 Å². The molecule has 0 saturated heterocycles. The molecule has 1 N–H and O–H groups in total. The molecule has 2 rings (SSSR count). The van der Waals surface area contributed by atoms with Crippen molar-refractivity contribution in [1.29, 1.82) is 0 Å². The molecule has 4 heteroatoms. The summed E-state index contributed by atoms with van der Waals surface area (Å²) >= 11 is 0. The molecule has 3 nitrogen and oxygen atoms in total. The van der Waals surface area contributed by atoms with Crippen LogP contribution in [-0.4, -0.2) is 18.6 Å². The van der Waals surface area contributed by atoms with Crippen LogP contribution in [0.2, 0.25) is 0 Å². The molecule has 1 aliphatic carbocycles. The van der Waals surface area contributed by atoms with Crippen molar-refractivity contribution < 1.29 is 13.9 Å². The van der Waals surface area contributed by atoms with E-state index < -0.39 is 0 Å². The molecule has 2 atom stereocenters. The number of carbonyl (C=O) groups is 1. The summed E-state index contributed by atoms with van der Waals surface area (Å²) in [5.74, 6) is -0.335. The predicted molar refractivity (Wildman–Crippen MR) is 77.1 cm³/mol. The lowest BCUT2D eigenvalue weighted by molar-refractivity contribution is -0.149. The minimum Gasteiger partial charge on any atom is -0.466 e. The second-order valence-corrected chi connectivity index (χ2v) is 5.42. The molecule has 110 valence electrons. The standard InChI is InChI=1S/C16H22FNO2/c1-3-20-16(19)12-5-4-6-13(9-12)18-14-8-7-11(2)15(17)10-14/h7-8,10,12-13,18H,3-6,9H2,1-2H3. The molecule has 1 aromatic rings. The van der Waals surface area contributed by atoms with Crippen LogP contribution >= 0.6 is 0 Å². The Hall–Kier alpha value is -1.58. The van der Waals surface area contributed by atoms with Crippen LogP contribution in [0.5, 0.6) is 0 Å². The smallest absolute Gasteiger partial charge is 0.308 e. The number of halogens is 1. The SMILES string of the molecule is CCOC(=O)C1CCCC(Nc2ccc(C)c(F)c2)C1. The molecular weight excluding hydrogens is 257 g/mol. The summed E-state index contributed by atoms with van der Waals surface area (Å²) in [4.78, 5) is 11.8. The summed E-state index contributed by atoms with van der Waals surface area (Å²) in [6.45, 7) is 4.00. The van der Waals surface area contributed by atoms with Crippen LogP contribution in [0, 0.1) is 18.7 Å². The van der Waals surface area contributed by atoms with Crippen LogP contribution in [0.15, 0.2) is 18.2 Å². The van der Waals surface area contributed by atoms with Crippen LogP contribution < -0.4 is 5.32 Å². The van der Waals surface area contributed by atoms with Crippen LogP contribution in [0.1, 0.15) is 38.2 Å². The third-order valence-corrected chi connectivity index (χ3v) is 3.84. The van der Waals surface area contributed by atoms with Gasteiger partial charge >= 0.3 is 5.97 Å². The number of hydrogen-bond acceptors (Lipinski definition) is 3. The molecule has 1 aromatic carbocycles. The van der Waals surface area contributed by atoms with Crippen LogP contribution in [0.25, 0.3) is 0 Å². The zero-order valence-electron chi connectivity index (χ0n) is 12.1. The van der Waals surface area contributed by atoms with Crippen molar-refractivity contribution in [3.63, 3.8) is 0 Å². The topological polar surface area (TPSA) is 38.3 Å². The summed E-state index contributed by atoms with van der Waals surface area (Å²) in [5.41, 5.74) is 1.42. The number of aryl methyl sites for hydroxylation is 1. The monoisotopic (exact) mass is 279 g/mol. The van der Waals surface area contributed by atoms with Crippen molar-refractivity contribution in [2.45, 2.75) is 45.6 Å². The lowest BCUT2D eigenvalue weighted by Gasteiger charge is -2.29. The van der Waals surface area contributed by atoms with Gasteiger partial charge in [-0.1, -0.05) is 12.5 Å². The van der Waals surface area contributed by atoms with Gasteiger partial charge in [0.2, 0.25) is 0 Å². The first-order chi connectivity index (χ1) is 9.60. The van der Waals surface area contributed by atoms with E-state index in [9.17, 15) is 9.18 Å². The highest BCUT2D eigenvalue weighted by atomic mass is 19.1. The van der Waals surface area contributed by atoms with Gasteiger partial charge < -0.3 is 10.1 Å². The van der Waals surface area contributed by atoms with Crippen LogP contribution in [0.3, 0.4) is 0 Å². The van der Waals surface area contributed by atoms with E-state index in [1.807, 2.05) is 13.0 Å². The molecule has 0 amide bonds.